The van der Waals surface area contributed by atoms with E-state index in [0.29, 0.717) is 17.4 Å². The zero-order valence-corrected chi connectivity index (χ0v) is 10.0. The quantitative estimate of drug-likeness (QED) is 0.263. The number of ether oxygens (including phenoxy) is 2. The molecule has 0 saturated carbocycles. The van der Waals surface area contributed by atoms with Gasteiger partial charge < -0.3 is 9.47 Å². The minimum absolute atomic E-state index is 0.269. The maximum atomic E-state index is 11.4. The number of hydrogen-bond acceptors (Lipinski definition) is 5. The monoisotopic (exact) mass is 248 g/mol. The van der Waals surface area contributed by atoms with Gasteiger partial charge >= 0.3 is 11.9 Å². The summed E-state index contributed by atoms with van der Waals surface area (Å²) >= 11 is 0. The number of methoxy groups -OCH3 is 2. The molecule has 0 heterocycles. The first-order chi connectivity index (χ1) is 8.63. The largest absolute Gasteiger partial charge is 0.465 e. The molecule has 1 aromatic carbocycles. The Bertz CT molecular complexity index is 484. The number of carbonyl (C=O) groups excluding carboxylic acids is 3. The summed E-state index contributed by atoms with van der Waals surface area (Å²) in [5, 5.41) is 0. The molecule has 0 aliphatic heterocycles. The van der Waals surface area contributed by atoms with Gasteiger partial charge in [-0.05, 0) is 11.6 Å². The van der Waals surface area contributed by atoms with E-state index in [1.165, 1.54) is 6.08 Å². The summed E-state index contributed by atoms with van der Waals surface area (Å²) in [5.74, 6) is -1.63. The molecule has 0 unspecified atom stereocenters. The molecular formula is C13H12O5. The van der Waals surface area contributed by atoms with E-state index in [2.05, 4.69) is 9.47 Å². The fourth-order valence-corrected chi connectivity index (χ4v) is 1.33. The molecule has 0 spiro atoms. The highest BCUT2D eigenvalue weighted by atomic mass is 16.5. The van der Waals surface area contributed by atoms with Gasteiger partial charge in [-0.1, -0.05) is 24.3 Å². The van der Waals surface area contributed by atoms with Crippen molar-refractivity contribution >= 4 is 24.3 Å². The highest BCUT2D eigenvalue weighted by Gasteiger charge is 2.20. The van der Waals surface area contributed by atoms with Crippen molar-refractivity contribution in [1.29, 1.82) is 0 Å². The lowest BCUT2D eigenvalue weighted by Crippen LogP contribution is -2.15. The van der Waals surface area contributed by atoms with Crippen LogP contribution in [-0.4, -0.2) is 32.4 Å². The predicted molar refractivity (Wildman–Crippen MR) is 63.8 cm³/mol. The van der Waals surface area contributed by atoms with Gasteiger partial charge in [0.15, 0.2) is 6.29 Å². The van der Waals surface area contributed by atoms with E-state index < -0.39 is 11.9 Å². The number of carbonyl (C=O) groups is 3. The van der Waals surface area contributed by atoms with Gasteiger partial charge in [0, 0.05) is 5.56 Å². The Hall–Kier alpha value is -2.43. The van der Waals surface area contributed by atoms with Gasteiger partial charge in [0.25, 0.3) is 0 Å². The summed E-state index contributed by atoms with van der Waals surface area (Å²) < 4.78 is 8.97. The summed E-state index contributed by atoms with van der Waals surface area (Å²) in [7, 11) is 2.31. The van der Waals surface area contributed by atoms with Crippen LogP contribution in [0.4, 0.5) is 0 Å². The van der Waals surface area contributed by atoms with E-state index in [9.17, 15) is 14.4 Å². The van der Waals surface area contributed by atoms with Gasteiger partial charge in [-0.2, -0.15) is 0 Å². The lowest BCUT2D eigenvalue weighted by atomic mass is 10.1. The van der Waals surface area contributed by atoms with Crippen LogP contribution < -0.4 is 0 Å². The Morgan fingerprint density at radius 2 is 1.50 bits per heavy atom. The Kier molecular flexibility index (Phi) is 4.80. The van der Waals surface area contributed by atoms with Crippen molar-refractivity contribution in [2.75, 3.05) is 14.2 Å². The van der Waals surface area contributed by atoms with Crippen LogP contribution in [0.3, 0.4) is 0 Å². The summed E-state index contributed by atoms with van der Waals surface area (Å²) in [6.45, 7) is 0. The molecular weight excluding hydrogens is 236 g/mol. The molecule has 1 aromatic rings. The SMILES string of the molecule is COC(=O)C(=Cc1ccccc1C=O)C(=O)OC. The fourth-order valence-electron chi connectivity index (χ4n) is 1.33. The molecule has 5 nitrogen and oxygen atoms in total. The average Bonchev–Trinajstić information content (AvgIpc) is 2.43. The van der Waals surface area contributed by atoms with Crippen LogP contribution in [0.15, 0.2) is 29.8 Å². The molecule has 0 bridgehead atoms. The van der Waals surface area contributed by atoms with Crippen molar-refractivity contribution < 1.29 is 23.9 Å². The van der Waals surface area contributed by atoms with E-state index >= 15 is 0 Å². The van der Waals surface area contributed by atoms with Gasteiger partial charge in [-0.15, -0.1) is 0 Å². The van der Waals surface area contributed by atoms with Gasteiger partial charge in [-0.3, -0.25) is 4.79 Å². The van der Waals surface area contributed by atoms with E-state index in [1.54, 1.807) is 24.3 Å². The van der Waals surface area contributed by atoms with Crippen LogP contribution in [0.25, 0.3) is 6.08 Å². The van der Waals surface area contributed by atoms with Crippen LogP contribution >= 0.6 is 0 Å². The zero-order chi connectivity index (χ0) is 13.5. The number of benzene rings is 1. The maximum Gasteiger partial charge on any atom is 0.345 e. The molecule has 0 aliphatic rings. The second kappa shape index (κ2) is 6.34. The smallest absolute Gasteiger partial charge is 0.345 e. The Labute approximate surface area is 104 Å². The molecule has 0 amide bonds. The number of hydrogen-bond donors (Lipinski definition) is 0. The third-order valence-corrected chi connectivity index (χ3v) is 2.23. The van der Waals surface area contributed by atoms with Crippen LogP contribution in [0.5, 0.6) is 0 Å². The van der Waals surface area contributed by atoms with Crippen LogP contribution in [-0.2, 0) is 19.1 Å². The topological polar surface area (TPSA) is 69.7 Å². The fraction of sp³-hybridized carbons (Fsp3) is 0.154. The summed E-state index contributed by atoms with van der Waals surface area (Å²) in [6, 6.07) is 6.54. The number of esters is 2. The van der Waals surface area contributed by atoms with Crippen molar-refractivity contribution in [3.8, 4) is 0 Å². The molecule has 0 atom stereocenters. The van der Waals surface area contributed by atoms with Gasteiger partial charge in [0.1, 0.15) is 5.57 Å². The van der Waals surface area contributed by atoms with E-state index in [1.807, 2.05) is 0 Å². The van der Waals surface area contributed by atoms with Crippen LogP contribution in [0, 0.1) is 0 Å². The Morgan fingerprint density at radius 3 is 1.94 bits per heavy atom. The van der Waals surface area contributed by atoms with Gasteiger partial charge in [-0.25, -0.2) is 9.59 Å². The first-order valence-electron chi connectivity index (χ1n) is 5.06. The number of rotatable bonds is 4. The lowest BCUT2D eigenvalue weighted by molar-refractivity contribution is -0.143. The Balaban J connectivity index is 3.27. The average molecular weight is 248 g/mol. The third kappa shape index (κ3) is 3.04. The molecule has 0 fully saturated rings. The normalized spacial score (nSPS) is 9.22. The van der Waals surface area contributed by atoms with Crippen molar-refractivity contribution in [2.45, 2.75) is 0 Å². The first kappa shape index (κ1) is 13.6. The maximum absolute atomic E-state index is 11.4. The molecule has 0 N–H and O–H groups in total. The van der Waals surface area contributed by atoms with E-state index in [4.69, 9.17) is 0 Å². The summed E-state index contributed by atoms with van der Waals surface area (Å²) in [5.41, 5.74) is 0.537. The van der Waals surface area contributed by atoms with Crippen LogP contribution in [0.2, 0.25) is 0 Å². The lowest BCUT2D eigenvalue weighted by Gasteiger charge is -2.04. The molecule has 1 rings (SSSR count). The van der Waals surface area contributed by atoms with Gasteiger partial charge in [0.05, 0.1) is 14.2 Å². The minimum Gasteiger partial charge on any atom is -0.465 e. The van der Waals surface area contributed by atoms with Crippen molar-refractivity contribution in [2.24, 2.45) is 0 Å². The molecule has 0 aromatic heterocycles. The third-order valence-electron chi connectivity index (χ3n) is 2.23. The van der Waals surface area contributed by atoms with Crippen LogP contribution in [0.1, 0.15) is 15.9 Å². The minimum atomic E-state index is -0.817. The summed E-state index contributed by atoms with van der Waals surface area (Å²) in [4.78, 5) is 33.7. The number of aldehydes is 1. The Morgan fingerprint density at radius 1 is 1.00 bits per heavy atom. The highest BCUT2D eigenvalue weighted by Crippen LogP contribution is 2.13. The van der Waals surface area contributed by atoms with Gasteiger partial charge in [0.2, 0.25) is 0 Å². The molecule has 18 heavy (non-hydrogen) atoms. The van der Waals surface area contributed by atoms with Crippen molar-refractivity contribution in [1.82, 2.24) is 0 Å². The molecule has 0 aliphatic carbocycles. The predicted octanol–water partition coefficient (Wildman–Crippen LogP) is 1.23. The highest BCUT2D eigenvalue weighted by molar-refractivity contribution is 6.18. The summed E-state index contributed by atoms with van der Waals surface area (Å²) in [6.07, 6.45) is 1.90. The van der Waals surface area contributed by atoms with Crippen molar-refractivity contribution in [3.63, 3.8) is 0 Å². The molecule has 0 radical (unpaired) electrons. The molecule has 94 valence electrons. The second-order valence-electron chi connectivity index (χ2n) is 3.29. The van der Waals surface area contributed by atoms with Crippen molar-refractivity contribution in [3.05, 3.63) is 41.0 Å². The van der Waals surface area contributed by atoms with E-state index in [0.717, 1.165) is 14.2 Å². The standard InChI is InChI=1S/C13H12O5/c1-17-12(15)11(13(16)18-2)7-9-5-3-4-6-10(9)8-14/h3-8H,1-2H3. The zero-order valence-electron chi connectivity index (χ0n) is 10.0. The molecule has 5 heteroatoms. The molecule has 0 saturated heterocycles. The first-order valence-corrected chi connectivity index (χ1v) is 5.06. The second-order valence-corrected chi connectivity index (χ2v) is 3.29. The van der Waals surface area contributed by atoms with E-state index in [-0.39, 0.29) is 5.57 Å².